The third-order valence-corrected chi connectivity index (χ3v) is 3.68. The lowest BCUT2D eigenvalue weighted by molar-refractivity contribution is 0.515. The number of nitrogens with one attached hydrogen (secondary N) is 1. The van der Waals surface area contributed by atoms with Crippen molar-refractivity contribution in [2.24, 2.45) is 7.05 Å². The summed E-state index contributed by atoms with van der Waals surface area (Å²) in [4.78, 5) is 8.94. The summed E-state index contributed by atoms with van der Waals surface area (Å²) in [7, 11) is 1.92. The molecule has 1 atom stereocenters. The standard InChI is InChI=1S/C16H19N5/c1-3-17-14(10-15-19-11-20-21(15)2)16-13-7-5-4-6-12(13)8-9-18-16/h4-9,11,14,17H,3,10H2,1-2H3. The van der Waals surface area contributed by atoms with Crippen LogP contribution in [0.4, 0.5) is 0 Å². The van der Waals surface area contributed by atoms with Gasteiger partial charge in [-0.2, -0.15) is 5.10 Å². The van der Waals surface area contributed by atoms with Gasteiger partial charge < -0.3 is 5.32 Å². The summed E-state index contributed by atoms with van der Waals surface area (Å²) in [6, 6.07) is 10.5. The zero-order chi connectivity index (χ0) is 14.7. The molecule has 0 amide bonds. The molecule has 0 radical (unpaired) electrons. The molecular weight excluding hydrogens is 262 g/mol. The Labute approximate surface area is 124 Å². The van der Waals surface area contributed by atoms with E-state index in [1.165, 1.54) is 10.8 Å². The van der Waals surface area contributed by atoms with E-state index >= 15 is 0 Å². The number of aryl methyl sites for hydroxylation is 1. The van der Waals surface area contributed by atoms with Crippen molar-refractivity contribution in [3.63, 3.8) is 0 Å². The van der Waals surface area contributed by atoms with Gasteiger partial charge in [0.1, 0.15) is 12.2 Å². The molecule has 0 fully saturated rings. The Morgan fingerprint density at radius 3 is 2.81 bits per heavy atom. The van der Waals surface area contributed by atoms with Crippen LogP contribution in [-0.4, -0.2) is 26.3 Å². The SMILES string of the molecule is CCNC(Cc1ncnn1C)c1nccc2ccccc12. The third-order valence-electron chi connectivity index (χ3n) is 3.68. The molecule has 0 aliphatic carbocycles. The maximum absolute atomic E-state index is 4.62. The number of benzene rings is 1. The number of pyridine rings is 1. The highest BCUT2D eigenvalue weighted by Crippen LogP contribution is 2.24. The summed E-state index contributed by atoms with van der Waals surface area (Å²) < 4.78 is 1.81. The minimum atomic E-state index is 0.129. The van der Waals surface area contributed by atoms with E-state index in [0.29, 0.717) is 0 Å². The molecule has 3 aromatic rings. The van der Waals surface area contributed by atoms with Gasteiger partial charge in [0.2, 0.25) is 0 Å². The molecule has 0 spiro atoms. The van der Waals surface area contributed by atoms with Crippen LogP contribution in [0.1, 0.15) is 24.5 Å². The fourth-order valence-corrected chi connectivity index (χ4v) is 2.62. The van der Waals surface area contributed by atoms with E-state index in [1.54, 1.807) is 6.33 Å². The molecule has 0 aliphatic heterocycles. The Bertz CT molecular complexity index is 729. The van der Waals surface area contributed by atoms with Crippen LogP contribution in [-0.2, 0) is 13.5 Å². The van der Waals surface area contributed by atoms with Crippen LogP contribution in [0.25, 0.3) is 10.8 Å². The van der Waals surface area contributed by atoms with Crippen LogP contribution in [0.5, 0.6) is 0 Å². The zero-order valence-electron chi connectivity index (χ0n) is 12.3. The summed E-state index contributed by atoms with van der Waals surface area (Å²) in [5.74, 6) is 0.954. The van der Waals surface area contributed by atoms with Crippen molar-refractivity contribution in [1.82, 2.24) is 25.1 Å². The summed E-state index contributed by atoms with van der Waals surface area (Å²) in [6.45, 7) is 2.99. The first kappa shape index (κ1) is 13.7. The molecule has 1 N–H and O–H groups in total. The average Bonchev–Trinajstić information content (AvgIpc) is 2.91. The van der Waals surface area contributed by atoms with Gasteiger partial charge in [0.15, 0.2) is 0 Å². The lowest BCUT2D eigenvalue weighted by Gasteiger charge is -2.18. The van der Waals surface area contributed by atoms with Gasteiger partial charge in [0.05, 0.1) is 11.7 Å². The van der Waals surface area contributed by atoms with E-state index in [0.717, 1.165) is 24.5 Å². The van der Waals surface area contributed by atoms with Crippen LogP contribution in [0.3, 0.4) is 0 Å². The van der Waals surface area contributed by atoms with Gasteiger partial charge in [-0.25, -0.2) is 4.98 Å². The molecule has 1 aromatic carbocycles. The third kappa shape index (κ3) is 2.78. The molecule has 5 heteroatoms. The van der Waals surface area contributed by atoms with Crippen molar-refractivity contribution < 1.29 is 0 Å². The van der Waals surface area contributed by atoms with Gasteiger partial charge in [-0.05, 0) is 18.0 Å². The van der Waals surface area contributed by atoms with Crippen molar-refractivity contribution in [2.75, 3.05) is 6.54 Å². The molecule has 2 aromatic heterocycles. The summed E-state index contributed by atoms with van der Waals surface area (Å²) >= 11 is 0. The minimum Gasteiger partial charge on any atom is -0.309 e. The predicted molar refractivity (Wildman–Crippen MR) is 82.9 cm³/mol. The van der Waals surface area contributed by atoms with Gasteiger partial charge in [-0.3, -0.25) is 9.67 Å². The Balaban J connectivity index is 2.01. The van der Waals surface area contributed by atoms with Crippen molar-refractivity contribution in [3.05, 3.63) is 54.4 Å². The van der Waals surface area contributed by atoms with E-state index in [2.05, 4.69) is 51.6 Å². The van der Waals surface area contributed by atoms with Crippen LogP contribution in [0, 0.1) is 0 Å². The van der Waals surface area contributed by atoms with E-state index in [4.69, 9.17) is 0 Å². The second kappa shape index (κ2) is 6.01. The first-order valence-corrected chi connectivity index (χ1v) is 7.19. The molecule has 2 heterocycles. The molecule has 0 aliphatic rings. The van der Waals surface area contributed by atoms with Crippen molar-refractivity contribution >= 4 is 10.8 Å². The second-order valence-corrected chi connectivity index (χ2v) is 5.03. The Morgan fingerprint density at radius 1 is 1.19 bits per heavy atom. The van der Waals surface area contributed by atoms with Crippen molar-refractivity contribution in [2.45, 2.75) is 19.4 Å². The molecule has 5 nitrogen and oxygen atoms in total. The number of fused-ring (bicyclic) bond motifs is 1. The van der Waals surface area contributed by atoms with Crippen molar-refractivity contribution in [3.8, 4) is 0 Å². The summed E-state index contributed by atoms with van der Waals surface area (Å²) in [5, 5.41) is 10.1. The lowest BCUT2D eigenvalue weighted by atomic mass is 10.0. The van der Waals surface area contributed by atoms with Gasteiger partial charge in [-0.1, -0.05) is 31.2 Å². The number of nitrogens with zero attached hydrogens (tertiary/aromatic N) is 4. The normalized spacial score (nSPS) is 12.7. The van der Waals surface area contributed by atoms with Gasteiger partial charge in [-0.15, -0.1) is 0 Å². The molecule has 3 rings (SSSR count). The minimum absolute atomic E-state index is 0.129. The van der Waals surface area contributed by atoms with Crippen LogP contribution >= 0.6 is 0 Å². The first-order valence-electron chi connectivity index (χ1n) is 7.19. The maximum Gasteiger partial charge on any atom is 0.138 e. The Hall–Kier alpha value is -2.27. The molecule has 0 bridgehead atoms. The van der Waals surface area contributed by atoms with Crippen LogP contribution in [0.2, 0.25) is 0 Å². The van der Waals surface area contributed by atoms with E-state index in [1.807, 2.05) is 24.0 Å². The van der Waals surface area contributed by atoms with Crippen molar-refractivity contribution in [1.29, 1.82) is 0 Å². The van der Waals surface area contributed by atoms with E-state index < -0.39 is 0 Å². The molecular formula is C16H19N5. The molecule has 21 heavy (non-hydrogen) atoms. The van der Waals surface area contributed by atoms with Gasteiger partial charge in [0.25, 0.3) is 0 Å². The number of hydrogen-bond donors (Lipinski definition) is 1. The number of likely N-dealkylation sites (N-methyl/N-ethyl adjacent to an activating group) is 1. The Kier molecular flexibility index (Phi) is 3.92. The molecule has 0 saturated carbocycles. The predicted octanol–water partition coefficient (Wildman–Crippen LogP) is 2.26. The largest absolute Gasteiger partial charge is 0.309 e. The number of aromatic nitrogens is 4. The monoisotopic (exact) mass is 281 g/mol. The maximum atomic E-state index is 4.62. The summed E-state index contributed by atoms with van der Waals surface area (Å²) in [5.41, 5.74) is 1.07. The highest BCUT2D eigenvalue weighted by Gasteiger charge is 2.17. The smallest absolute Gasteiger partial charge is 0.138 e. The van der Waals surface area contributed by atoms with Crippen LogP contribution in [0.15, 0.2) is 42.9 Å². The number of rotatable bonds is 5. The van der Waals surface area contributed by atoms with Gasteiger partial charge in [0, 0.05) is 25.1 Å². The fraction of sp³-hybridized carbons (Fsp3) is 0.312. The van der Waals surface area contributed by atoms with Gasteiger partial charge >= 0.3 is 0 Å². The summed E-state index contributed by atoms with van der Waals surface area (Å²) in [6.07, 6.45) is 4.24. The zero-order valence-corrected chi connectivity index (χ0v) is 12.3. The lowest BCUT2D eigenvalue weighted by Crippen LogP contribution is -2.25. The molecule has 0 saturated heterocycles. The van der Waals surface area contributed by atoms with E-state index in [-0.39, 0.29) is 6.04 Å². The topological polar surface area (TPSA) is 55.6 Å². The highest BCUT2D eigenvalue weighted by atomic mass is 15.3. The average molecular weight is 281 g/mol. The quantitative estimate of drug-likeness (QED) is 0.779. The fourth-order valence-electron chi connectivity index (χ4n) is 2.62. The second-order valence-electron chi connectivity index (χ2n) is 5.03. The number of hydrogen-bond acceptors (Lipinski definition) is 4. The Morgan fingerprint density at radius 2 is 2.05 bits per heavy atom. The molecule has 108 valence electrons. The van der Waals surface area contributed by atoms with Crippen LogP contribution < -0.4 is 5.32 Å². The highest BCUT2D eigenvalue weighted by molar-refractivity contribution is 5.84. The van der Waals surface area contributed by atoms with E-state index in [9.17, 15) is 0 Å². The first-order chi connectivity index (χ1) is 10.3. The molecule has 1 unspecified atom stereocenters.